The first-order valence-electron chi connectivity index (χ1n) is 13.2. The Morgan fingerprint density at radius 2 is 2.02 bits per heavy atom. The highest BCUT2D eigenvalue weighted by molar-refractivity contribution is 7.52. The number of nitrogens with one attached hydrogen (secondary N) is 1. The van der Waals surface area contributed by atoms with Gasteiger partial charge in [-0.05, 0) is 56.9 Å². The fourth-order valence-electron chi connectivity index (χ4n) is 5.59. The van der Waals surface area contributed by atoms with Crippen molar-refractivity contribution in [1.82, 2.24) is 19.7 Å². The SMILES string of the molecule is C[C@H](NP(=O)(Oc1ccccc1)OC1[C@@]2(C#N)O[C@@H](c3ccc4c(N)ncnn34)[C@H](O)[C@@]12O)C(=O)OC1CCCC1. The van der Waals surface area contributed by atoms with E-state index in [9.17, 15) is 24.8 Å². The minimum atomic E-state index is -4.49. The maximum atomic E-state index is 14.1. The summed E-state index contributed by atoms with van der Waals surface area (Å²) in [6, 6.07) is 12.0. The molecule has 2 aliphatic carbocycles. The third-order valence-electron chi connectivity index (χ3n) is 7.80. The number of nitrogen functional groups attached to an aromatic ring is 1. The molecule has 0 radical (unpaired) electrons. The van der Waals surface area contributed by atoms with Gasteiger partial charge in [0.2, 0.25) is 5.60 Å². The fourth-order valence-corrected chi connectivity index (χ4v) is 7.31. The topological polar surface area (TPSA) is 204 Å². The van der Waals surface area contributed by atoms with Gasteiger partial charge in [-0.1, -0.05) is 18.2 Å². The van der Waals surface area contributed by atoms with Gasteiger partial charge in [0.05, 0.1) is 5.69 Å². The van der Waals surface area contributed by atoms with Gasteiger partial charge in [0.25, 0.3) is 0 Å². The Bertz CT molecular complexity index is 1560. The summed E-state index contributed by atoms with van der Waals surface area (Å²) in [7, 11) is -4.49. The van der Waals surface area contributed by atoms with Gasteiger partial charge in [0.1, 0.15) is 48.0 Å². The van der Waals surface area contributed by atoms with Crippen molar-refractivity contribution in [3.63, 3.8) is 0 Å². The van der Waals surface area contributed by atoms with E-state index in [2.05, 4.69) is 15.2 Å². The van der Waals surface area contributed by atoms with Crippen LogP contribution in [0.15, 0.2) is 48.8 Å². The molecule has 7 atom stereocenters. The largest absolute Gasteiger partial charge is 0.461 e. The highest BCUT2D eigenvalue weighted by Gasteiger charge is 2.90. The molecule has 41 heavy (non-hydrogen) atoms. The van der Waals surface area contributed by atoms with Crippen LogP contribution in [0.1, 0.15) is 44.4 Å². The number of aromatic nitrogens is 3. The van der Waals surface area contributed by atoms with E-state index in [1.807, 2.05) is 6.07 Å². The summed E-state index contributed by atoms with van der Waals surface area (Å²) in [6.07, 6.45) is -0.102. The van der Waals surface area contributed by atoms with Gasteiger partial charge in [-0.15, -0.1) is 0 Å². The van der Waals surface area contributed by atoms with Crippen molar-refractivity contribution >= 4 is 25.1 Å². The molecule has 1 aromatic carbocycles. The lowest BCUT2D eigenvalue weighted by molar-refractivity contribution is -0.150. The van der Waals surface area contributed by atoms with E-state index in [4.69, 9.17) is 24.3 Å². The summed E-state index contributed by atoms with van der Waals surface area (Å²) in [5, 5.41) is 39.5. The lowest BCUT2D eigenvalue weighted by atomic mass is 10.0. The summed E-state index contributed by atoms with van der Waals surface area (Å²) in [5.74, 6) is -0.330. The average molecular weight is 585 g/mol. The van der Waals surface area contributed by atoms with E-state index >= 15 is 0 Å². The van der Waals surface area contributed by atoms with E-state index < -0.39 is 49.3 Å². The lowest BCUT2D eigenvalue weighted by Crippen LogP contribution is -2.39. The average Bonchev–Trinajstić information content (AvgIpc) is 3.47. The van der Waals surface area contributed by atoms with Gasteiger partial charge in [0, 0.05) is 0 Å². The molecule has 0 amide bonds. The number of nitrogens with zero attached hydrogens (tertiary/aromatic N) is 4. The van der Waals surface area contributed by atoms with Gasteiger partial charge in [0.15, 0.2) is 17.5 Å². The number of rotatable bonds is 9. The van der Waals surface area contributed by atoms with Gasteiger partial charge >= 0.3 is 13.7 Å². The molecular formula is C26H29N6O8P. The molecule has 15 heteroatoms. The van der Waals surface area contributed by atoms with Crippen LogP contribution < -0.4 is 15.3 Å². The summed E-state index contributed by atoms with van der Waals surface area (Å²) < 4.78 is 38.3. The normalized spacial score (nSPS) is 31.2. The van der Waals surface area contributed by atoms with E-state index in [-0.39, 0.29) is 17.7 Å². The number of fused-ring (bicyclic) bond motifs is 2. The molecule has 3 heterocycles. The number of ether oxygens (including phenoxy) is 2. The molecule has 1 aliphatic heterocycles. The number of hydrogen-bond acceptors (Lipinski definition) is 12. The molecule has 216 valence electrons. The Balaban J connectivity index is 1.25. The van der Waals surface area contributed by atoms with Crippen LogP contribution in [0.3, 0.4) is 0 Å². The zero-order chi connectivity index (χ0) is 29.0. The van der Waals surface area contributed by atoms with Crippen molar-refractivity contribution < 1.29 is 38.1 Å². The molecule has 1 saturated heterocycles. The standard InChI is InChI=1S/C26H29N6O8P/c1-15(23(34)37-16-7-5-6-8-16)31-41(36,39-17-9-3-2-4-10-17)40-24-25(13-27)26(24,35)21(33)20(38-25)18-11-12-19-22(28)29-14-30-32(18)19/h2-4,9-12,14-16,20-21,24,33,35H,5-8H2,1H3,(H,31,36)(H2,28,29,30)/t15-,20-,21-,24?,25+,26+,41?/m0/s1. The predicted molar refractivity (Wildman–Crippen MR) is 141 cm³/mol. The summed E-state index contributed by atoms with van der Waals surface area (Å²) in [5.41, 5.74) is 2.24. The van der Waals surface area contributed by atoms with Crippen LogP contribution >= 0.6 is 7.75 Å². The number of esters is 1. The zero-order valence-corrected chi connectivity index (χ0v) is 22.9. The second-order valence-electron chi connectivity index (χ2n) is 10.4. The first kappa shape index (κ1) is 27.6. The molecule has 2 unspecified atom stereocenters. The van der Waals surface area contributed by atoms with Crippen molar-refractivity contribution in [2.45, 2.75) is 74.3 Å². The fraction of sp³-hybridized carbons (Fsp3) is 0.462. The molecule has 3 aromatic rings. The van der Waals surface area contributed by atoms with Crippen LogP contribution in [-0.2, 0) is 23.4 Å². The van der Waals surface area contributed by atoms with Crippen LogP contribution in [0.5, 0.6) is 5.75 Å². The van der Waals surface area contributed by atoms with Crippen LogP contribution in [0, 0.1) is 11.3 Å². The molecule has 3 fully saturated rings. The van der Waals surface area contributed by atoms with Gasteiger partial charge in [-0.3, -0.25) is 9.32 Å². The predicted octanol–water partition coefficient (Wildman–Crippen LogP) is 1.79. The van der Waals surface area contributed by atoms with Gasteiger partial charge in [-0.25, -0.2) is 14.1 Å². The number of aliphatic hydroxyl groups is 2. The summed E-state index contributed by atoms with van der Waals surface area (Å²) >= 11 is 0. The number of nitriles is 1. The Morgan fingerprint density at radius 3 is 2.71 bits per heavy atom. The van der Waals surface area contributed by atoms with Crippen molar-refractivity contribution in [3.05, 3.63) is 54.5 Å². The van der Waals surface area contributed by atoms with Crippen LogP contribution in [-0.4, -0.2) is 66.3 Å². The van der Waals surface area contributed by atoms with Crippen molar-refractivity contribution in [3.8, 4) is 11.8 Å². The number of anilines is 1. The summed E-state index contributed by atoms with van der Waals surface area (Å²) in [6.45, 7) is 1.44. The highest BCUT2D eigenvalue weighted by Crippen LogP contribution is 2.68. The van der Waals surface area contributed by atoms with Crippen molar-refractivity contribution in [1.29, 1.82) is 5.26 Å². The molecule has 0 spiro atoms. The van der Waals surface area contributed by atoms with E-state index in [0.29, 0.717) is 11.2 Å². The van der Waals surface area contributed by atoms with E-state index in [1.54, 1.807) is 30.3 Å². The molecule has 3 aliphatic rings. The van der Waals surface area contributed by atoms with Gasteiger partial charge in [-0.2, -0.15) is 15.4 Å². The zero-order valence-electron chi connectivity index (χ0n) is 22.0. The van der Waals surface area contributed by atoms with Crippen LogP contribution in [0.2, 0.25) is 0 Å². The number of hydrogen-bond donors (Lipinski definition) is 4. The second-order valence-corrected chi connectivity index (χ2v) is 12.1. The first-order chi connectivity index (χ1) is 19.6. The van der Waals surface area contributed by atoms with Crippen molar-refractivity contribution in [2.24, 2.45) is 0 Å². The number of para-hydroxylation sites is 1. The van der Waals surface area contributed by atoms with E-state index in [0.717, 1.165) is 25.7 Å². The second kappa shape index (κ2) is 10.1. The van der Waals surface area contributed by atoms with Crippen LogP contribution in [0.25, 0.3) is 5.52 Å². The smallest absolute Gasteiger partial charge is 0.459 e. The van der Waals surface area contributed by atoms with E-state index in [1.165, 1.54) is 29.9 Å². The summed E-state index contributed by atoms with van der Waals surface area (Å²) in [4.78, 5) is 16.7. The molecule has 14 nitrogen and oxygen atoms in total. The molecule has 2 aromatic heterocycles. The van der Waals surface area contributed by atoms with Crippen LogP contribution in [0.4, 0.5) is 5.82 Å². The number of nitrogens with two attached hydrogens (primary N) is 1. The monoisotopic (exact) mass is 584 g/mol. The lowest BCUT2D eigenvalue weighted by Gasteiger charge is -2.27. The Labute approximate surface area is 234 Å². The molecule has 2 saturated carbocycles. The Kier molecular flexibility index (Phi) is 6.77. The quantitative estimate of drug-likeness (QED) is 0.209. The Morgan fingerprint density at radius 1 is 1.29 bits per heavy atom. The van der Waals surface area contributed by atoms with Crippen molar-refractivity contribution in [2.75, 3.05) is 5.73 Å². The molecule has 6 rings (SSSR count). The number of aliphatic hydroxyl groups excluding tert-OH is 1. The highest BCUT2D eigenvalue weighted by atomic mass is 31.2. The number of benzene rings is 1. The Hall–Kier alpha value is -3.57. The molecule has 0 bridgehead atoms. The number of carbonyl (C=O) groups excluding carboxylic acids is 1. The molecule has 5 N–H and O–H groups in total. The first-order valence-corrected chi connectivity index (χ1v) is 14.7. The third kappa shape index (κ3) is 4.46. The minimum absolute atomic E-state index is 0.139. The minimum Gasteiger partial charge on any atom is -0.461 e. The maximum absolute atomic E-state index is 14.1. The van der Waals surface area contributed by atoms with Gasteiger partial charge < -0.3 is 29.9 Å². The number of carbonyl (C=O) groups is 1. The third-order valence-corrected chi connectivity index (χ3v) is 9.45. The molecular weight excluding hydrogens is 555 g/mol. The maximum Gasteiger partial charge on any atom is 0.459 e.